The third-order valence-corrected chi connectivity index (χ3v) is 5.00. The number of carboxylic acids is 1. The number of likely N-dealkylation sites (tertiary alicyclic amines) is 1. The second kappa shape index (κ2) is 8.08. The molecule has 0 aliphatic carbocycles. The van der Waals surface area contributed by atoms with Gasteiger partial charge in [-0.15, -0.1) is 0 Å². The van der Waals surface area contributed by atoms with Gasteiger partial charge in [-0.05, 0) is 36.6 Å². The number of piperidine rings is 1. The molecule has 3 rings (SSSR count). The van der Waals surface area contributed by atoms with Crippen LogP contribution in [0.3, 0.4) is 0 Å². The predicted molar refractivity (Wildman–Crippen MR) is 104 cm³/mol. The molecule has 8 nitrogen and oxygen atoms in total. The van der Waals surface area contributed by atoms with E-state index in [9.17, 15) is 24.8 Å². The van der Waals surface area contributed by atoms with Crippen molar-refractivity contribution < 1.29 is 19.6 Å². The van der Waals surface area contributed by atoms with Gasteiger partial charge in [0.25, 0.3) is 11.6 Å². The van der Waals surface area contributed by atoms with Gasteiger partial charge in [-0.1, -0.05) is 25.1 Å². The van der Waals surface area contributed by atoms with Crippen molar-refractivity contribution in [2.75, 3.05) is 18.4 Å². The van der Waals surface area contributed by atoms with Crippen molar-refractivity contribution in [1.29, 1.82) is 0 Å². The van der Waals surface area contributed by atoms with Crippen molar-refractivity contribution in [2.24, 2.45) is 11.8 Å². The van der Waals surface area contributed by atoms with E-state index in [0.29, 0.717) is 30.9 Å². The average molecular weight is 383 g/mol. The molecule has 2 N–H and O–H groups in total. The highest BCUT2D eigenvalue weighted by molar-refractivity contribution is 5.96. The van der Waals surface area contributed by atoms with Crippen molar-refractivity contribution >= 4 is 28.9 Å². The smallest absolute Gasteiger partial charge is 0.306 e. The zero-order chi connectivity index (χ0) is 20.3. The molecule has 1 aliphatic rings. The summed E-state index contributed by atoms with van der Waals surface area (Å²) in [5, 5.41) is 23.7. The van der Waals surface area contributed by atoms with Crippen LogP contribution in [0, 0.1) is 22.0 Å². The Balaban J connectivity index is 1.81. The molecule has 0 aromatic heterocycles. The van der Waals surface area contributed by atoms with Crippen LogP contribution in [0.5, 0.6) is 0 Å². The fraction of sp³-hybridized carbons (Fsp3) is 0.300. The topological polar surface area (TPSA) is 113 Å². The van der Waals surface area contributed by atoms with Gasteiger partial charge in [-0.2, -0.15) is 0 Å². The molecule has 0 spiro atoms. The van der Waals surface area contributed by atoms with Gasteiger partial charge in [0.1, 0.15) is 5.69 Å². The summed E-state index contributed by atoms with van der Waals surface area (Å²) in [6.07, 6.45) is 0.373. The maximum Gasteiger partial charge on any atom is 0.306 e. The highest BCUT2D eigenvalue weighted by atomic mass is 16.6. The number of rotatable bonds is 5. The summed E-state index contributed by atoms with van der Waals surface area (Å²) in [6, 6.07) is 13.4. The number of carboxylic acid groups (broad SMARTS) is 1. The Hall–Kier alpha value is -3.42. The summed E-state index contributed by atoms with van der Waals surface area (Å²) >= 11 is 0. The van der Waals surface area contributed by atoms with Crippen LogP contribution in [-0.2, 0) is 4.79 Å². The van der Waals surface area contributed by atoms with Gasteiger partial charge >= 0.3 is 5.97 Å². The number of hydrogen-bond donors (Lipinski definition) is 2. The minimum atomic E-state index is -0.855. The monoisotopic (exact) mass is 383 g/mol. The fourth-order valence-corrected chi connectivity index (χ4v) is 3.48. The van der Waals surface area contributed by atoms with Gasteiger partial charge in [-0.25, -0.2) is 0 Å². The Bertz CT molecular complexity index is 900. The first kappa shape index (κ1) is 19.3. The van der Waals surface area contributed by atoms with E-state index in [1.807, 2.05) is 18.2 Å². The SMILES string of the molecule is CC1CN(C(=O)c2ccc(Nc3ccccc3)c([N+](=O)[O-])c2)CCC1C(=O)O. The summed E-state index contributed by atoms with van der Waals surface area (Å²) in [5.74, 6) is -1.84. The van der Waals surface area contributed by atoms with Crippen LogP contribution in [0.25, 0.3) is 0 Å². The molecule has 2 aromatic carbocycles. The molecular weight excluding hydrogens is 362 g/mol. The van der Waals surface area contributed by atoms with Crippen LogP contribution in [0.15, 0.2) is 48.5 Å². The van der Waals surface area contributed by atoms with Crippen molar-refractivity contribution in [3.05, 3.63) is 64.2 Å². The molecule has 1 amide bonds. The first-order valence-electron chi connectivity index (χ1n) is 8.99. The van der Waals surface area contributed by atoms with Crippen LogP contribution in [0.1, 0.15) is 23.7 Å². The molecule has 1 saturated heterocycles. The Kier molecular flexibility index (Phi) is 5.58. The number of aliphatic carboxylic acids is 1. The van der Waals surface area contributed by atoms with Gasteiger partial charge in [0.05, 0.1) is 10.8 Å². The molecule has 146 valence electrons. The normalized spacial score (nSPS) is 19.1. The number of nitrogens with one attached hydrogen (secondary N) is 1. The van der Waals surface area contributed by atoms with Crippen molar-refractivity contribution in [1.82, 2.24) is 4.90 Å². The lowest BCUT2D eigenvalue weighted by Gasteiger charge is -2.35. The minimum absolute atomic E-state index is 0.177. The maximum absolute atomic E-state index is 12.8. The summed E-state index contributed by atoms with van der Waals surface area (Å²) in [6.45, 7) is 2.43. The van der Waals surface area contributed by atoms with E-state index >= 15 is 0 Å². The van der Waals surface area contributed by atoms with E-state index < -0.39 is 16.8 Å². The first-order valence-corrected chi connectivity index (χ1v) is 8.99. The second-order valence-corrected chi connectivity index (χ2v) is 6.94. The molecule has 2 atom stereocenters. The maximum atomic E-state index is 12.8. The summed E-state index contributed by atoms with van der Waals surface area (Å²) in [4.78, 5) is 36.6. The molecular formula is C20H21N3O5. The zero-order valence-electron chi connectivity index (χ0n) is 15.4. The number of amides is 1. The molecule has 1 fully saturated rings. The number of anilines is 2. The number of nitro benzene ring substituents is 1. The van der Waals surface area contributed by atoms with E-state index in [-0.39, 0.29) is 23.1 Å². The molecule has 2 aromatic rings. The fourth-order valence-electron chi connectivity index (χ4n) is 3.48. The largest absolute Gasteiger partial charge is 0.481 e. The Morgan fingerprint density at radius 3 is 2.54 bits per heavy atom. The molecule has 28 heavy (non-hydrogen) atoms. The summed E-state index contributed by atoms with van der Waals surface area (Å²) < 4.78 is 0. The number of carbonyl (C=O) groups is 2. The van der Waals surface area contributed by atoms with Gasteiger partial charge in [0, 0.05) is 30.4 Å². The lowest BCUT2D eigenvalue weighted by Crippen LogP contribution is -2.45. The number of nitro groups is 1. The lowest BCUT2D eigenvalue weighted by molar-refractivity contribution is -0.383. The minimum Gasteiger partial charge on any atom is -0.481 e. The Morgan fingerprint density at radius 2 is 1.93 bits per heavy atom. The van der Waals surface area contributed by atoms with Crippen LogP contribution in [-0.4, -0.2) is 39.9 Å². The number of nitrogens with zero attached hydrogens (tertiary/aromatic N) is 2. The number of hydrogen-bond acceptors (Lipinski definition) is 5. The van der Waals surface area contributed by atoms with Gasteiger partial charge in [-0.3, -0.25) is 19.7 Å². The quantitative estimate of drug-likeness (QED) is 0.603. The van der Waals surface area contributed by atoms with E-state index in [4.69, 9.17) is 0 Å². The van der Waals surface area contributed by atoms with Gasteiger partial charge in [0.15, 0.2) is 0 Å². The molecule has 1 aliphatic heterocycles. The van der Waals surface area contributed by atoms with E-state index in [1.54, 1.807) is 30.0 Å². The predicted octanol–water partition coefficient (Wildman–Crippen LogP) is 3.52. The molecule has 1 heterocycles. The zero-order valence-corrected chi connectivity index (χ0v) is 15.4. The number of carbonyl (C=O) groups excluding carboxylic acids is 1. The Morgan fingerprint density at radius 1 is 1.21 bits per heavy atom. The molecule has 0 saturated carbocycles. The number of benzene rings is 2. The molecule has 0 bridgehead atoms. The third kappa shape index (κ3) is 4.11. The van der Waals surface area contributed by atoms with Crippen molar-refractivity contribution in [2.45, 2.75) is 13.3 Å². The number of para-hydroxylation sites is 1. The van der Waals surface area contributed by atoms with Crippen molar-refractivity contribution in [3.63, 3.8) is 0 Å². The van der Waals surface area contributed by atoms with Crippen LogP contribution in [0.2, 0.25) is 0 Å². The van der Waals surface area contributed by atoms with Gasteiger partial charge < -0.3 is 15.3 Å². The summed E-state index contributed by atoms with van der Waals surface area (Å²) in [5.41, 5.74) is 1.02. The Labute approximate surface area is 161 Å². The van der Waals surface area contributed by atoms with E-state index in [1.165, 1.54) is 12.1 Å². The highest BCUT2D eigenvalue weighted by Crippen LogP contribution is 2.30. The van der Waals surface area contributed by atoms with E-state index in [2.05, 4.69) is 5.32 Å². The van der Waals surface area contributed by atoms with Gasteiger partial charge in [0.2, 0.25) is 0 Å². The standard InChI is InChI=1S/C20H21N3O5/c1-13-12-22(10-9-16(13)20(25)26)19(24)14-7-8-17(18(11-14)23(27)28)21-15-5-3-2-4-6-15/h2-8,11,13,16,21H,9-10,12H2,1H3,(H,25,26). The highest BCUT2D eigenvalue weighted by Gasteiger charge is 2.33. The third-order valence-electron chi connectivity index (χ3n) is 5.00. The van der Waals surface area contributed by atoms with Crippen molar-refractivity contribution in [3.8, 4) is 0 Å². The second-order valence-electron chi connectivity index (χ2n) is 6.94. The van der Waals surface area contributed by atoms with Crippen LogP contribution >= 0.6 is 0 Å². The average Bonchev–Trinajstić information content (AvgIpc) is 2.68. The molecule has 0 radical (unpaired) electrons. The molecule has 2 unspecified atom stereocenters. The first-order chi connectivity index (χ1) is 13.4. The van der Waals surface area contributed by atoms with Crippen LogP contribution < -0.4 is 5.32 Å². The van der Waals surface area contributed by atoms with E-state index in [0.717, 1.165) is 0 Å². The molecule has 8 heteroatoms. The summed E-state index contributed by atoms with van der Waals surface area (Å²) in [7, 11) is 0. The van der Waals surface area contributed by atoms with Crippen LogP contribution in [0.4, 0.5) is 17.1 Å². The lowest BCUT2D eigenvalue weighted by atomic mass is 9.87.